The first kappa shape index (κ1) is 39.9. The molecule has 264 valence electrons. The molecule has 1 fully saturated rings. The minimum Gasteiger partial charge on any atom is -0.413 e. The first-order valence-electron chi connectivity index (χ1n) is 18.5. The average molecular weight is 681 g/mol. The van der Waals surface area contributed by atoms with Crippen LogP contribution in [0.1, 0.15) is 140 Å². The molecule has 2 aromatic carbocycles. The van der Waals surface area contributed by atoms with Gasteiger partial charge in [-0.1, -0.05) is 103 Å². The molecule has 0 N–H and O–H groups in total. The van der Waals surface area contributed by atoms with Gasteiger partial charge >= 0.3 is 0 Å². The first-order valence-corrected chi connectivity index (χ1v) is 24.0. The topological polar surface area (TPSA) is 36.9 Å². The molecule has 1 aliphatic rings. The van der Waals surface area contributed by atoms with Crippen molar-refractivity contribution in [3.8, 4) is 0 Å². The van der Waals surface area contributed by atoms with Gasteiger partial charge in [-0.2, -0.15) is 0 Å². The van der Waals surface area contributed by atoms with Crippen molar-refractivity contribution in [3.63, 3.8) is 0 Å². The van der Waals surface area contributed by atoms with Gasteiger partial charge in [0.15, 0.2) is 24.4 Å². The molecule has 6 heteroatoms. The van der Waals surface area contributed by atoms with E-state index in [4.69, 9.17) is 18.3 Å². The zero-order chi connectivity index (χ0) is 34.8. The van der Waals surface area contributed by atoms with Crippen LogP contribution in [0.3, 0.4) is 0 Å². The summed E-state index contributed by atoms with van der Waals surface area (Å²) in [4.78, 5) is 0. The number of rotatable bonds is 16. The molecule has 0 saturated carbocycles. The summed E-state index contributed by atoms with van der Waals surface area (Å²) >= 11 is 0. The Hall–Kier alpha value is -1.55. The van der Waals surface area contributed by atoms with Crippen molar-refractivity contribution in [2.75, 3.05) is 6.61 Å². The maximum atomic E-state index is 6.81. The van der Waals surface area contributed by atoms with Crippen molar-refractivity contribution < 1.29 is 18.3 Å². The normalized spacial score (nSPS) is 18.0. The largest absolute Gasteiger partial charge is 0.413 e. The zero-order valence-corrected chi connectivity index (χ0v) is 34.4. The van der Waals surface area contributed by atoms with E-state index in [0.717, 1.165) is 32.3 Å². The summed E-state index contributed by atoms with van der Waals surface area (Å²) in [5.74, 6) is 0. The summed E-state index contributed by atoms with van der Waals surface area (Å²) in [7, 11) is -2.58. The molecular weight excluding hydrogens is 613 g/mol. The minimum absolute atomic E-state index is 0.0147. The fourth-order valence-corrected chi connectivity index (χ4v) is 8.71. The molecule has 3 unspecified atom stereocenters. The van der Waals surface area contributed by atoms with Crippen LogP contribution in [0.4, 0.5) is 0 Å². The summed E-state index contributed by atoms with van der Waals surface area (Å²) in [5, 5.41) is 0. The van der Waals surface area contributed by atoms with E-state index in [0.29, 0.717) is 0 Å². The average Bonchev–Trinajstić information content (AvgIpc) is 2.96. The Morgan fingerprint density at radius 3 is 1.94 bits per heavy atom. The monoisotopic (exact) mass is 680 g/mol. The smallest absolute Gasteiger partial charge is 0.171 e. The van der Waals surface area contributed by atoms with Gasteiger partial charge < -0.3 is 18.3 Å². The quantitative estimate of drug-likeness (QED) is 0.100. The minimum atomic E-state index is -1.30. The summed E-state index contributed by atoms with van der Waals surface area (Å²) in [6, 6.07) is 16.0. The second-order valence-electron chi connectivity index (χ2n) is 17.1. The molecule has 0 radical (unpaired) electrons. The lowest BCUT2D eigenvalue weighted by atomic mass is 9.77. The number of aryl methyl sites for hydroxylation is 1. The van der Waals surface area contributed by atoms with Crippen LogP contribution in [0.2, 0.25) is 26.2 Å². The van der Waals surface area contributed by atoms with Crippen molar-refractivity contribution >= 4 is 30.2 Å². The Kier molecular flexibility index (Phi) is 15.2. The maximum absolute atomic E-state index is 6.81. The fourth-order valence-electron chi connectivity index (χ4n) is 6.52. The molecule has 47 heavy (non-hydrogen) atoms. The highest BCUT2D eigenvalue weighted by Crippen LogP contribution is 2.45. The molecule has 0 aromatic heterocycles. The number of ether oxygens (including phenoxy) is 2. The summed E-state index contributed by atoms with van der Waals surface area (Å²) in [5.41, 5.74) is 6.24. The number of hydrogen-bond acceptors (Lipinski definition) is 4. The van der Waals surface area contributed by atoms with Gasteiger partial charge in [-0.3, -0.25) is 0 Å². The number of unbranched alkanes of at least 4 members (excludes halogenated alkanes) is 2. The second-order valence-corrected chi connectivity index (χ2v) is 21.8. The SMILES string of the molecule is C[SiH](C)OC(c1ccc(C=Cc2cccc(CCCCCC(C)(C)OC3CCCCO3)c2)cc1C(O[SiH](C)C)C(C)(C)C)C(C)(C)C. The molecule has 3 atom stereocenters. The highest BCUT2D eigenvalue weighted by atomic mass is 28.3. The Balaban J connectivity index is 1.73. The van der Waals surface area contributed by atoms with Crippen LogP contribution in [0.5, 0.6) is 0 Å². The third-order valence-corrected chi connectivity index (χ3v) is 10.5. The summed E-state index contributed by atoms with van der Waals surface area (Å²) in [6.07, 6.45) is 13.7. The third-order valence-electron chi connectivity index (χ3n) is 8.82. The van der Waals surface area contributed by atoms with E-state index in [1.807, 2.05) is 0 Å². The van der Waals surface area contributed by atoms with Crippen LogP contribution in [-0.2, 0) is 24.7 Å². The van der Waals surface area contributed by atoms with Crippen LogP contribution in [0.15, 0.2) is 42.5 Å². The van der Waals surface area contributed by atoms with Gasteiger partial charge in [0.1, 0.15) is 0 Å². The second kappa shape index (κ2) is 17.9. The van der Waals surface area contributed by atoms with Crippen LogP contribution in [0, 0.1) is 10.8 Å². The van der Waals surface area contributed by atoms with Crippen molar-refractivity contribution in [2.24, 2.45) is 10.8 Å². The van der Waals surface area contributed by atoms with Crippen LogP contribution < -0.4 is 0 Å². The summed E-state index contributed by atoms with van der Waals surface area (Å²) in [6.45, 7) is 28.2. The van der Waals surface area contributed by atoms with E-state index < -0.39 is 18.1 Å². The molecular formula is C41H68O4Si2. The van der Waals surface area contributed by atoms with Gasteiger partial charge in [0.05, 0.1) is 17.8 Å². The zero-order valence-electron chi connectivity index (χ0n) is 32.1. The van der Waals surface area contributed by atoms with E-state index in [-0.39, 0.29) is 34.9 Å². The predicted molar refractivity (Wildman–Crippen MR) is 207 cm³/mol. The van der Waals surface area contributed by atoms with E-state index in [9.17, 15) is 0 Å². The maximum Gasteiger partial charge on any atom is 0.171 e. The number of hydrogen-bond donors (Lipinski definition) is 0. The highest BCUT2D eigenvalue weighted by Gasteiger charge is 2.36. The van der Waals surface area contributed by atoms with Crippen molar-refractivity contribution in [1.82, 2.24) is 0 Å². The van der Waals surface area contributed by atoms with E-state index in [2.05, 4.69) is 136 Å². The van der Waals surface area contributed by atoms with Crippen LogP contribution in [-0.4, -0.2) is 36.6 Å². The molecule has 1 saturated heterocycles. The standard InChI is InChI=1S/C41H68O4Si2/c1-39(2,3)37(44-46(9)10)34-26-25-33(30-35(34)38(40(4,5)6)45-47(11)12)24-23-32-21-18-20-31(29-32)19-14-13-16-27-41(7,8)43-36-22-15-17-28-42-36/h18,20-21,23-26,29-30,36-38,46-47H,13-17,19,22,27-28H2,1-12H3. The molecule has 4 nitrogen and oxygen atoms in total. The third kappa shape index (κ3) is 13.7. The highest BCUT2D eigenvalue weighted by molar-refractivity contribution is 6.48. The van der Waals surface area contributed by atoms with Crippen LogP contribution in [0.25, 0.3) is 12.2 Å². The Bertz CT molecular complexity index is 1250. The fraction of sp³-hybridized carbons (Fsp3) is 0.659. The Morgan fingerprint density at radius 1 is 0.745 bits per heavy atom. The van der Waals surface area contributed by atoms with Gasteiger partial charge in [-0.25, -0.2) is 0 Å². The van der Waals surface area contributed by atoms with Crippen molar-refractivity contribution in [3.05, 3.63) is 70.3 Å². The summed E-state index contributed by atoms with van der Waals surface area (Å²) < 4.78 is 25.6. The lowest BCUT2D eigenvalue weighted by Gasteiger charge is -2.39. The van der Waals surface area contributed by atoms with E-state index in [1.165, 1.54) is 53.5 Å². The molecule has 0 spiro atoms. The lowest BCUT2D eigenvalue weighted by molar-refractivity contribution is -0.217. The molecule has 1 heterocycles. The molecule has 1 aliphatic heterocycles. The molecule has 3 rings (SSSR count). The van der Waals surface area contributed by atoms with Crippen LogP contribution >= 0.6 is 0 Å². The van der Waals surface area contributed by atoms with Gasteiger partial charge in [0.2, 0.25) is 0 Å². The van der Waals surface area contributed by atoms with Gasteiger partial charge in [-0.15, -0.1) is 0 Å². The predicted octanol–water partition coefficient (Wildman–Crippen LogP) is 11.5. The molecule has 0 aliphatic carbocycles. The lowest BCUT2D eigenvalue weighted by Crippen LogP contribution is -2.34. The number of benzene rings is 2. The molecule has 0 amide bonds. The van der Waals surface area contributed by atoms with Gasteiger partial charge in [0, 0.05) is 6.61 Å². The molecule has 2 aromatic rings. The van der Waals surface area contributed by atoms with Gasteiger partial charge in [-0.05, 0) is 123 Å². The molecule has 0 bridgehead atoms. The van der Waals surface area contributed by atoms with Gasteiger partial charge in [0.25, 0.3) is 0 Å². The Morgan fingerprint density at radius 2 is 1.36 bits per heavy atom. The van der Waals surface area contributed by atoms with E-state index >= 15 is 0 Å². The van der Waals surface area contributed by atoms with Crippen molar-refractivity contribution in [2.45, 2.75) is 157 Å². The van der Waals surface area contributed by atoms with Crippen molar-refractivity contribution in [1.29, 1.82) is 0 Å². The van der Waals surface area contributed by atoms with E-state index in [1.54, 1.807) is 0 Å². The first-order chi connectivity index (χ1) is 21.9. The Labute approximate surface area is 292 Å².